The van der Waals surface area contributed by atoms with E-state index in [9.17, 15) is 4.79 Å². The van der Waals surface area contributed by atoms with Crippen molar-refractivity contribution in [1.82, 2.24) is 0 Å². The lowest BCUT2D eigenvalue weighted by Gasteiger charge is -2.04. The Morgan fingerprint density at radius 3 is 3.00 bits per heavy atom. The molecule has 10 heavy (non-hydrogen) atoms. The molecule has 1 atom stereocenters. The lowest BCUT2D eigenvalue weighted by atomic mass is 10.6. The van der Waals surface area contributed by atoms with Gasteiger partial charge in [0.1, 0.15) is 5.40 Å². The van der Waals surface area contributed by atoms with Crippen molar-refractivity contribution in [3.05, 3.63) is 12.7 Å². The van der Waals surface area contributed by atoms with Crippen LogP contribution < -0.4 is 0 Å². The van der Waals surface area contributed by atoms with Gasteiger partial charge in [0.15, 0.2) is 5.44 Å². The average Bonchev–Trinajstić information content (AvgIpc) is 1.88. The van der Waals surface area contributed by atoms with Crippen molar-refractivity contribution in [3.8, 4) is 5.40 Å². The molecule has 0 amide bonds. The number of hydrogen-bond acceptors (Lipinski definition) is 4. The maximum Gasteiger partial charge on any atom is 0.331 e. The molecule has 0 radical (unpaired) electrons. The van der Waals surface area contributed by atoms with Crippen molar-refractivity contribution < 1.29 is 9.53 Å². The molecule has 0 aliphatic heterocycles. The molecule has 0 saturated heterocycles. The van der Waals surface area contributed by atoms with Crippen molar-refractivity contribution in [2.45, 2.75) is 12.4 Å². The number of nitriles is 1. The van der Waals surface area contributed by atoms with Crippen molar-refractivity contribution in [2.75, 3.05) is 0 Å². The van der Waals surface area contributed by atoms with Crippen LogP contribution in [-0.4, -0.2) is 11.4 Å². The number of carbonyl (C=O) groups excluding carboxylic acids is 1. The van der Waals surface area contributed by atoms with Gasteiger partial charge >= 0.3 is 5.97 Å². The van der Waals surface area contributed by atoms with E-state index in [0.717, 1.165) is 17.8 Å². The standard InChI is InChI=1S/C6H7NO2S/c1-3-6(8)9-5(2)10-4-7/h3,5H,1H2,2H3. The average molecular weight is 157 g/mol. The Hall–Kier alpha value is -0.950. The molecule has 0 aliphatic carbocycles. The van der Waals surface area contributed by atoms with Crippen LogP contribution in [0.3, 0.4) is 0 Å². The number of carbonyl (C=O) groups is 1. The zero-order chi connectivity index (χ0) is 7.98. The molecule has 0 N–H and O–H groups in total. The van der Waals surface area contributed by atoms with Crippen LogP contribution in [0.15, 0.2) is 12.7 Å². The Morgan fingerprint density at radius 2 is 2.60 bits per heavy atom. The van der Waals surface area contributed by atoms with E-state index in [2.05, 4.69) is 11.3 Å². The Kier molecular flexibility index (Phi) is 4.42. The van der Waals surface area contributed by atoms with Crippen LogP contribution in [0.5, 0.6) is 0 Å². The molecule has 1 unspecified atom stereocenters. The summed E-state index contributed by atoms with van der Waals surface area (Å²) in [5.74, 6) is -0.504. The van der Waals surface area contributed by atoms with Gasteiger partial charge in [0.2, 0.25) is 0 Å². The number of nitrogens with zero attached hydrogens (tertiary/aromatic N) is 1. The van der Waals surface area contributed by atoms with Gasteiger partial charge in [-0.1, -0.05) is 6.58 Å². The van der Waals surface area contributed by atoms with Gasteiger partial charge < -0.3 is 4.74 Å². The maximum absolute atomic E-state index is 10.4. The second-order valence-electron chi connectivity index (χ2n) is 1.42. The minimum atomic E-state index is -0.504. The lowest BCUT2D eigenvalue weighted by molar-refractivity contribution is -0.138. The number of thioether (sulfide) groups is 1. The van der Waals surface area contributed by atoms with Gasteiger partial charge in [0.05, 0.1) is 0 Å². The molecular formula is C6H7NO2S. The maximum atomic E-state index is 10.4. The minimum absolute atomic E-state index is 0.421. The molecule has 0 bridgehead atoms. The van der Waals surface area contributed by atoms with E-state index in [-0.39, 0.29) is 0 Å². The third kappa shape index (κ3) is 3.98. The normalized spacial score (nSPS) is 11.2. The third-order valence-corrected chi connectivity index (χ3v) is 1.20. The summed E-state index contributed by atoms with van der Waals surface area (Å²) >= 11 is 0.890. The van der Waals surface area contributed by atoms with E-state index in [1.54, 1.807) is 12.3 Å². The highest BCUT2D eigenvalue weighted by atomic mass is 32.2. The van der Waals surface area contributed by atoms with Crippen LogP contribution in [-0.2, 0) is 9.53 Å². The molecule has 0 rings (SSSR count). The summed E-state index contributed by atoms with van der Waals surface area (Å²) in [4.78, 5) is 10.4. The van der Waals surface area contributed by atoms with Crippen molar-refractivity contribution >= 4 is 17.7 Å². The smallest absolute Gasteiger partial charge is 0.331 e. The lowest BCUT2D eigenvalue weighted by Crippen LogP contribution is -2.07. The Balaban J connectivity index is 3.58. The number of esters is 1. The van der Waals surface area contributed by atoms with Crippen LogP contribution in [0.1, 0.15) is 6.92 Å². The highest BCUT2D eigenvalue weighted by molar-refractivity contribution is 8.04. The van der Waals surface area contributed by atoms with Crippen LogP contribution in [0.2, 0.25) is 0 Å². The molecule has 54 valence electrons. The number of ether oxygens (including phenoxy) is 1. The second kappa shape index (κ2) is 4.89. The summed E-state index contributed by atoms with van der Waals surface area (Å²) in [5, 5.41) is 9.92. The number of thiocyanates is 1. The number of hydrogen-bond donors (Lipinski definition) is 0. The van der Waals surface area contributed by atoms with E-state index in [0.29, 0.717) is 0 Å². The predicted molar refractivity (Wildman–Crippen MR) is 39.0 cm³/mol. The Labute approximate surface area is 63.7 Å². The quantitative estimate of drug-likeness (QED) is 0.268. The predicted octanol–water partition coefficient (Wildman–Crippen LogP) is 1.28. The van der Waals surface area contributed by atoms with Gasteiger partial charge in [-0.25, -0.2) is 4.79 Å². The molecular weight excluding hydrogens is 150 g/mol. The molecule has 0 heterocycles. The molecule has 0 saturated carbocycles. The fourth-order valence-electron chi connectivity index (χ4n) is 0.310. The second-order valence-corrected chi connectivity index (χ2v) is 2.50. The van der Waals surface area contributed by atoms with Crippen molar-refractivity contribution in [2.24, 2.45) is 0 Å². The molecule has 0 fully saturated rings. The first-order valence-electron chi connectivity index (χ1n) is 2.58. The fraction of sp³-hybridized carbons (Fsp3) is 0.333. The summed E-state index contributed by atoms with van der Waals surface area (Å²) in [6, 6.07) is 0. The van der Waals surface area contributed by atoms with E-state index >= 15 is 0 Å². The van der Waals surface area contributed by atoms with E-state index < -0.39 is 11.4 Å². The van der Waals surface area contributed by atoms with Gasteiger partial charge in [0.25, 0.3) is 0 Å². The monoisotopic (exact) mass is 157 g/mol. The summed E-state index contributed by atoms with van der Waals surface area (Å²) in [6.07, 6.45) is 1.06. The van der Waals surface area contributed by atoms with Crippen molar-refractivity contribution in [3.63, 3.8) is 0 Å². The molecule has 3 nitrogen and oxygen atoms in total. The van der Waals surface area contributed by atoms with Gasteiger partial charge in [-0.15, -0.1) is 0 Å². The molecule has 0 aromatic carbocycles. The van der Waals surface area contributed by atoms with Crippen molar-refractivity contribution in [1.29, 1.82) is 5.26 Å². The summed E-state index contributed by atoms with van der Waals surface area (Å²) in [7, 11) is 0. The summed E-state index contributed by atoms with van der Waals surface area (Å²) in [5.41, 5.74) is -0.421. The Morgan fingerprint density at radius 1 is 2.00 bits per heavy atom. The van der Waals surface area contributed by atoms with Crippen LogP contribution in [0, 0.1) is 10.7 Å². The zero-order valence-corrected chi connectivity index (χ0v) is 6.35. The van der Waals surface area contributed by atoms with Crippen LogP contribution >= 0.6 is 11.8 Å². The highest BCUT2D eigenvalue weighted by Gasteiger charge is 2.04. The number of rotatable bonds is 3. The Bertz CT molecular complexity index is 173. The third-order valence-electron chi connectivity index (χ3n) is 0.667. The molecule has 0 aliphatic rings. The van der Waals surface area contributed by atoms with Crippen LogP contribution in [0.25, 0.3) is 0 Å². The molecule has 0 spiro atoms. The van der Waals surface area contributed by atoms with Gasteiger partial charge in [-0.05, 0) is 18.7 Å². The SMILES string of the molecule is C=CC(=O)OC(C)SC#N. The van der Waals surface area contributed by atoms with E-state index in [4.69, 9.17) is 5.26 Å². The summed E-state index contributed by atoms with van der Waals surface area (Å²) < 4.78 is 4.62. The van der Waals surface area contributed by atoms with Gasteiger partial charge in [0, 0.05) is 6.08 Å². The van der Waals surface area contributed by atoms with Gasteiger partial charge in [-0.3, -0.25) is 0 Å². The topological polar surface area (TPSA) is 50.1 Å². The molecule has 4 heteroatoms. The van der Waals surface area contributed by atoms with Crippen LogP contribution in [0.4, 0.5) is 0 Å². The zero-order valence-electron chi connectivity index (χ0n) is 5.53. The summed E-state index contributed by atoms with van der Waals surface area (Å²) in [6.45, 7) is 4.83. The first kappa shape index (κ1) is 9.05. The van der Waals surface area contributed by atoms with E-state index in [1.807, 2.05) is 0 Å². The van der Waals surface area contributed by atoms with E-state index in [1.165, 1.54) is 0 Å². The highest BCUT2D eigenvalue weighted by Crippen LogP contribution is 2.08. The molecule has 0 aromatic heterocycles. The fourth-order valence-corrected chi connectivity index (χ4v) is 0.601. The minimum Gasteiger partial charge on any atom is -0.447 e. The molecule has 0 aromatic rings. The largest absolute Gasteiger partial charge is 0.447 e. The van der Waals surface area contributed by atoms with Gasteiger partial charge in [-0.2, -0.15) is 5.26 Å². The first-order chi connectivity index (χ1) is 4.70. The first-order valence-corrected chi connectivity index (χ1v) is 3.46.